The summed E-state index contributed by atoms with van der Waals surface area (Å²) >= 11 is 0. The molecule has 1 fully saturated rings. The van der Waals surface area contributed by atoms with E-state index in [4.69, 9.17) is 0 Å². The largest absolute Gasteiger partial charge is 0.388 e. The Morgan fingerprint density at radius 2 is 2.06 bits per heavy atom. The zero-order chi connectivity index (χ0) is 11.4. The van der Waals surface area contributed by atoms with Crippen molar-refractivity contribution >= 4 is 0 Å². The van der Waals surface area contributed by atoms with Gasteiger partial charge in [-0.3, -0.25) is 0 Å². The minimum Gasteiger partial charge on any atom is -0.388 e. The molecule has 0 aliphatic carbocycles. The second kappa shape index (κ2) is 5.51. The first-order valence-electron chi connectivity index (χ1n) is 6.35. The van der Waals surface area contributed by atoms with Crippen LogP contribution >= 0.6 is 0 Å². The SMILES string of the molecule is CCC(O)c1ccn(CCN2CCCC2)c1. The van der Waals surface area contributed by atoms with Crippen LogP contribution in [0.5, 0.6) is 0 Å². The maximum absolute atomic E-state index is 9.70. The molecule has 1 unspecified atom stereocenters. The molecular formula is C13H22N2O. The third kappa shape index (κ3) is 2.86. The Kier molecular flexibility index (Phi) is 4.02. The Balaban J connectivity index is 1.82. The fourth-order valence-electron chi connectivity index (χ4n) is 2.29. The van der Waals surface area contributed by atoms with Crippen LogP contribution in [0.25, 0.3) is 0 Å². The van der Waals surface area contributed by atoms with Gasteiger partial charge in [-0.1, -0.05) is 6.92 Å². The van der Waals surface area contributed by atoms with Crippen molar-refractivity contribution in [3.05, 3.63) is 24.0 Å². The molecule has 1 aliphatic heterocycles. The van der Waals surface area contributed by atoms with E-state index in [2.05, 4.69) is 21.9 Å². The van der Waals surface area contributed by atoms with Crippen LogP contribution in [0.3, 0.4) is 0 Å². The Labute approximate surface area is 97.7 Å². The summed E-state index contributed by atoms with van der Waals surface area (Å²) in [5, 5.41) is 9.70. The molecule has 2 rings (SSSR count). The second-order valence-electron chi connectivity index (χ2n) is 4.66. The quantitative estimate of drug-likeness (QED) is 0.825. The molecule has 0 radical (unpaired) electrons. The average Bonchev–Trinajstić information content (AvgIpc) is 2.96. The van der Waals surface area contributed by atoms with E-state index in [0.717, 1.165) is 25.1 Å². The lowest BCUT2D eigenvalue weighted by Gasteiger charge is -2.14. The number of aliphatic hydroxyl groups excluding tert-OH is 1. The molecule has 1 N–H and O–H groups in total. The predicted molar refractivity (Wildman–Crippen MR) is 65.4 cm³/mol. The van der Waals surface area contributed by atoms with Crippen molar-refractivity contribution in [2.24, 2.45) is 0 Å². The van der Waals surface area contributed by atoms with E-state index in [1.807, 2.05) is 13.0 Å². The average molecular weight is 222 g/mol. The van der Waals surface area contributed by atoms with Crippen molar-refractivity contribution in [2.45, 2.75) is 38.8 Å². The summed E-state index contributed by atoms with van der Waals surface area (Å²) in [6.45, 7) is 6.69. The van der Waals surface area contributed by atoms with Gasteiger partial charge in [-0.15, -0.1) is 0 Å². The van der Waals surface area contributed by atoms with Gasteiger partial charge in [0.05, 0.1) is 6.10 Å². The third-order valence-electron chi connectivity index (χ3n) is 3.42. The van der Waals surface area contributed by atoms with Crippen molar-refractivity contribution in [1.29, 1.82) is 0 Å². The van der Waals surface area contributed by atoms with Crippen LogP contribution in [0.2, 0.25) is 0 Å². The van der Waals surface area contributed by atoms with Gasteiger partial charge in [-0.25, -0.2) is 0 Å². The Bertz CT molecular complexity index is 315. The van der Waals surface area contributed by atoms with Crippen molar-refractivity contribution in [3.8, 4) is 0 Å². The number of nitrogens with zero attached hydrogens (tertiary/aromatic N) is 2. The van der Waals surface area contributed by atoms with Crippen LogP contribution < -0.4 is 0 Å². The molecule has 0 spiro atoms. The molecule has 0 saturated carbocycles. The first-order chi connectivity index (χ1) is 7.79. The lowest BCUT2D eigenvalue weighted by atomic mass is 10.1. The topological polar surface area (TPSA) is 28.4 Å². The van der Waals surface area contributed by atoms with Gasteiger partial charge in [0.25, 0.3) is 0 Å². The highest BCUT2D eigenvalue weighted by Crippen LogP contribution is 2.16. The summed E-state index contributed by atoms with van der Waals surface area (Å²) in [4.78, 5) is 2.51. The van der Waals surface area contributed by atoms with Crippen molar-refractivity contribution in [3.63, 3.8) is 0 Å². The number of aromatic nitrogens is 1. The fraction of sp³-hybridized carbons (Fsp3) is 0.692. The van der Waals surface area contributed by atoms with E-state index in [1.165, 1.54) is 25.9 Å². The van der Waals surface area contributed by atoms with Crippen molar-refractivity contribution in [2.75, 3.05) is 19.6 Å². The highest BCUT2D eigenvalue weighted by molar-refractivity contribution is 5.13. The molecule has 3 nitrogen and oxygen atoms in total. The molecular weight excluding hydrogens is 200 g/mol. The Morgan fingerprint density at radius 3 is 2.75 bits per heavy atom. The molecule has 1 aromatic rings. The van der Waals surface area contributed by atoms with E-state index in [-0.39, 0.29) is 6.10 Å². The van der Waals surface area contributed by atoms with Crippen LogP contribution in [0.15, 0.2) is 18.5 Å². The number of hydrogen-bond acceptors (Lipinski definition) is 2. The maximum Gasteiger partial charge on any atom is 0.0802 e. The monoisotopic (exact) mass is 222 g/mol. The minimum absolute atomic E-state index is 0.298. The van der Waals surface area contributed by atoms with Crippen molar-refractivity contribution in [1.82, 2.24) is 9.47 Å². The van der Waals surface area contributed by atoms with E-state index >= 15 is 0 Å². The van der Waals surface area contributed by atoms with E-state index in [9.17, 15) is 5.11 Å². The molecule has 2 heterocycles. The smallest absolute Gasteiger partial charge is 0.0802 e. The fourth-order valence-corrected chi connectivity index (χ4v) is 2.29. The zero-order valence-corrected chi connectivity index (χ0v) is 10.1. The zero-order valence-electron chi connectivity index (χ0n) is 10.1. The van der Waals surface area contributed by atoms with Gasteiger partial charge >= 0.3 is 0 Å². The summed E-state index contributed by atoms with van der Waals surface area (Å²) < 4.78 is 2.19. The van der Waals surface area contributed by atoms with Crippen LogP contribution in [-0.2, 0) is 6.54 Å². The standard InChI is InChI=1S/C13H22N2O/c1-2-13(16)12-5-8-15(11-12)10-9-14-6-3-4-7-14/h5,8,11,13,16H,2-4,6-7,9-10H2,1H3. The van der Waals surface area contributed by atoms with Gasteiger partial charge in [0.2, 0.25) is 0 Å². The summed E-state index contributed by atoms with van der Waals surface area (Å²) in [7, 11) is 0. The van der Waals surface area contributed by atoms with Gasteiger partial charge < -0.3 is 14.6 Å². The molecule has 0 bridgehead atoms. The highest BCUT2D eigenvalue weighted by atomic mass is 16.3. The molecule has 0 aromatic carbocycles. The number of likely N-dealkylation sites (tertiary alicyclic amines) is 1. The molecule has 16 heavy (non-hydrogen) atoms. The minimum atomic E-state index is -0.298. The van der Waals surface area contributed by atoms with Gasteiger partial charge in [0.15, 0.2) is 0 Å². The lowest BCUT2D eigenvalue weighted by Crippen LogP contribution is -2.23. The van der Waals surface area contributed by atoms with E-state index in [0.29, 0.717) is 0 Å². The Morgan fingerprint density at radius 1 is 1.31 bits per heavy atom. The summed E-state index contributed by atoms with van der Waals surface area (Å²) in [5.41, 5.74) is 1.05. The molecule has 1 atom stereocenters. The van der Waals surface area contributed by atoms with Crippen LogP contribution in [0.1, 0.15) is 37.9 Å². The third-order valence-corrected chi connectivity index (χ3v) is 3.42. The normalized spacial score (nSPS) is 19.1. The maximum atomic E-state index is 9.70. The van der Waals surface area contributed by atoms with Crippen LogP contribution in [0.4, 0.5) is 0 Å². The van der Waals surface area contributed by atoms with Gasteiger partial charge in [0, 0.05) is 25.5 Å². The first kappa shape index (κ1) is 11.7. The second-order valence-corrected chi connectivity index (χ2v) is 4.66. The molecule has 1 saturated heterocycles. The highest BCUT2D eigenvalue weighted by Gasteiger charge is 2.11. The summed E-state index contributed by atoms with van der Waals surface area (Å²) in [6.07, 6.45) is 7.34. The number of rotatable bonds is 5. The number of hydrogen-bond donors (Lipinski definition) is 1. The van der Waals surface area contributed by atoms with Crippen molar-refractivity contribution < 1.29 is 5.11 Å². The van der Waals surface area contributed by atoms with Crippen LogP contribution in [-0.4, -0.2) is 34.2 Å². The summed E-state index contributed by atoms with van der Waals surface area (Å²) in [6, 6.07) is 2.03. The molecule has 1 aromatic heterocycles. The first-order valence-corrected chi connectivity index (χ1v) is 6.35. The molecule has 1 aliphatic rings. The number of aliphatic hydroxyl groups is 1. The van der Waals surface area contributed by atoms with Gasteiger partial charge in [-0.05, 0) is 44.0 Å². The van der Waals surface area contributed by atoms with Crippen LogP contribution in [0, 0.1) is 0 Å². The van der Waals surface area contributed by atoms with Gasteiger partial charge in [0.1, 0.15) is 0 Å². The summed E-state index contributed by atoms with van der Waals surface area (Å²) in [5.74, 6) is 0. The molecule has 90 valence electrons. The van der Waals surface area contributed by atoms with E-state index < -0.39 is 0 Å². The van der Waals surface area contributed by atoms with E-state index in [1.54, 1.807) is 0 Å². The van der Waals surface area contributed by atoms with Gasteiger partial charge in [-0.2, -0.15) is 0 Å². The lowest BCUT2D eigenvalue weighted by molar-refractivity contribution is 0.173. The molecule has 0 amide bonds. The predicted octanol–water partition coefficient (Wildman–Crippen LogP) is 2.03. The molecule has 3 heteroatoms. The Hall–Kier alpha value is -0.800.